The van der Waals surface area contributed by atoms with Gasteiger partial charge in [-0.2, -0.15) is 0 Å². The van der Waals surface area contributed by atoms with Gasteiger partial charge in [0.1, 0.15) is 0 Å². The van der Waals surface area contributed by atoms with E-state index in [0.717, 1.165) is 43.2 Å². The fourth-order valence-electron chi connectivity index (χ4n) is 4.10. The van der Waals surface area contributed by atoms with Gasteiger partial charge >= 0.3 is 232 Å². The number of carbonyl (C=O) groups excluding carboxylic acids is 1. The molecule has 2 aliphatic rings. The van der Waals surface area contributed by atoms with Gasteiger partial charge in [-0.05, 0) is 0 Å². The Morgan fingerprint density at radius 1 is 1.09 bits per heavy atom. The van der Waals surface area contributed by atoms with Crippen LogP contribution in [0, 0.1) is 3.57 Å². The van der Waals surface area contributed by atoms with Crippen molar-refractivity contribution in [3.05, 3.63) is 104 Å². The Balaban J connectivity index is 1.56. The fraction of sp³-hybridized carbons (Fsp3) is 0.154. The Kier molecular flexibility index (Phi) is 7.67. The van der Waals surface area contributed by atoms with E-state index >= 15 is 0 Å². The minimum atomic E-state index is -2.41. The summed E-state index contributed by atoms with van der Waals surface area (Å²) in [6.07, 6.45) is 4.22. The first-order chi connectivity index (χ1) is 16.9. The third-order valence-electron chi connectivity index (χ3n) is 5.70. The van der Waals surface area contributed by atoms with Gasteiger partial charge in [0.2, 0.25) is 0 Å². The van der Waals surface area contributed by atoms with E-state index in [9.17, 15) is 4.79 Å². The average Bonchev–Trinajstić information content (AvgIpc) is 3.43. The number of nitrogens with zero attached hydrogens (tertiary/aromatic N) is 1. The summed E-state index contributed by atoms with van der Waals surface area (Å²) in [5, 5.41) is 4.11. The molecule has 0 radical (unpaired) electrons. The molecule has 2 aromatic carbocycles. The standard InChI is InChI=1S/C26H21Cl3IN3OS/c27-17-9-11-21(20(28)14-17)30-23-16(13-18-10-12-22(29)35-18)7-4-8-19(23)24(33-30)26(34)32-25(31)15-5-2-1-3-6-15/h1-3,5-6,9-14,25H,4,7-8,31H2,(H,32,34)/b16-13+/t25-/m0/s1. The molecule has 3 N–H and O–H groups in total. The van der Waals surface area contributed by atoms with Crippen molar-refractivity contribution < 1.29 is 4.79 Å². The number of nitrogens with one attached hydrogen (secondary N) is 1. The van der Waals surface area contributed by atoms with Crippen LogP contribution < -0.4 is 11.1 Å². The average molecular weight is 657 g/mol. The van der Waals surface area contributed by atoms with Gasteiger partial charge in [0, 0.05) is 0 Å². The Bertz CT molecular complexity index is 1380. The van der Waals surface area contributed by atoms with Crippen LogP contribution in [-0.2, 0) is 4.79 Å². The fourth-order valence-corrected chi connectivity index (χ4v) is 11.5. The normalized spacial score (nSPS) is 18.5. The molecule has 0 saturated carbocycles. The maximum absolute atomic E-state index is 13.4. The van der Waals surface area contributed by atoms with Crippen LogP contribution in [-0.4, -0.2) is 11.6 Å². The summed E-state index contributed by atoms with van der Waals surface area (Å²) in [6.45, 7) is 0. The molecule has 0 fully saturated rings. The number of thiophene rings is 1. The number of rotatable bonds is 5. The summed E-state index contributed by atoms with van der Waals surface area (Å²) in [5.41, 5.74) is 9.84. The molecule has 1 aliphatic carbocycles. The van der Waals surface area contributed by atoms with Crippen LogP contribution in [0.25, 0.3) is 6.08 Å². The molecule has 0 bridgehead atoms. The van der Waals surface area contributed by atoms with Gasteiger partial charge in [-0.3, -0.25) is 0 Å². The Hall–Kier alpha value is -1.68. The van der Waals surface area contributed by atoms with Gasteiger partial charge in [0.05, 0.1) is 0 Å². The molecule has 0 unspecified atom stereocenters. The number of amides is 1. The van der Waals surface area contributed by atoms with Crippen LogP contribution >= 0.6 is 66.2 Å². The molecule has 35 heavy (non-hydrogen) atoms. The van der Waals surface area contributed by atoms with Crippen LogP contribution in [0.4, 0.5) is 0 Å². The molecule has 0 saturated heterocycles. The van der Waals surface area contributed by atoms with Crippen molar-refractivity contribution in [1.29, 1.82) is 0 Å². The van der Waals surface area contributed by atoms with Crippen LogP contribution in [0.3, 0.4) is 0 Å². The number of nitrogens with two attached hydrogens (primary N) is 1. The van der Waals surface area contributed by atoms with Crippen molar-refractivity contribution in [3.63, 3.8) is 0 Å². The number of hydrogen-bond acceptors (Lipinski definition) is 4. The zero-order chi connectivity index (χ0) is 24.5. The van der Waals surface area contributed by atoms with Crippen LogP contribution in [0.1, 0.15) is 35.9 Å². The molecule has 1 aliphatic heterocycles. The molecule has 0 spiro atoms. The third kappa shape index (κ3) is 5.38. The number of carbonyl (C=O) groups is 1. The maximum atomic E-state index is 13.4. The quantitative estimate of drug-likeness (QED) is 0.166. The summed E-state index contributed by atoms with van der Waals surface area (Å²) in [5.74, 6) is -0.251. The number of hydrogen-bond donors (Lipinski definition) is 2. The topological polar surface area (TPSA) is 67.5 Å². The Morgan fingerprint density at radius 3 is 2.60 bits per heavy atom. The molecule has 1 atom stereocenters. The zero-order valence-electron chi connectivity index (χ0n) is 18.4. The van der Waals surface area contributed by atoms with Crippen molar-refractivity contribution in [2.24, 2.45) is 8.94 Å². The van der Waals surface area contributed by atoms with Crippen LogP contribution in [0.2, 0.25) is 14.4 Å². The predicted molar refractivity (Wildman–Crippen MR) is 156 cm³/mol. The zero-order valence-corrected chi connectivity index (χ0v) is 23.6. The van der Waals surface area contributed by atoms with Crippen molar-refractivity contribution in [2.45, 2.75) is 25.4 Å². The third-order valence-corrected chi connectivity index (χ3v) is 13.1. The molecule has 4 nitrogen and oxygen atoms in total. The molecule has 9 heteroatoms. The van der Waals surface area contributed by atoms with E-state index < -0.39 is 26.3 Å². The summed E-state index contributed by atoms with van der Waals surface area (Å²) in [6, 6.07) is 19.0. The van der Waals surface area contributed by atoms with Gasteiger partial charge < -0.3 is 0 Å². The van der Waals surface area contributed by atoms with Crippen molar-refractivity contribution in [2.75, 3.05) is 0 Å². The van der Waals surface area contributed by atoms with Gasteiger partial charge in [-0.1, -0.05) is 0 Å². The summed E-state index contributed by atoms with van der Waals surface area (Å²) < 4.78 is 7.98. The molecule has 1 aromatic heterocycles. The monoisotopic (exact) mass is 655 g/mol. The summed E-state index contributed by atoms with van der Waals surface area (Å²) >= 11 is 18.1. The van der Waals surface area contributed by atoms with Gasteiger partial charge in [0.15, 0.2) is 0 Å². The molecule has 180 valence electrons. The predicted octanol–water partition coefficient (Wildman–Crippen LogP) is 8.05. The van der Waals surface area contributed by atoms with Crippen LogP contribution in [0.5, 0.6) is 0 Å². The second-order valence-electron chi connectivity index (χ2n) is 8.07. The van der Waals surface area contributed by atoms with E-state index in [0.29, 0.717) is 15.8 Å². The minimum absolute atomic E-state index is 0.251. The van der Waals surface area contributed by atoms with E-state index in [1.54, 1.807) is 6.07 Å². The first-order valence-corrected chi connectivity index (χ1v) is 16.0. The molecule has 3 aromatic rings. The molecule has 1 amide bonds. The van der Waals surface area contributed by atoms with E-state index in [1.807, 2.05) is 54.6 Å². The van der Waals surface area contributed by atoms with E-state index in [2.05, 4.69) is 11.4 Å². The van der Waals surface area contributed by atoms with Gasteiger partial charge in [-0.15, -0.1) is 0 Å². The Labute approximate surface area is 230 Å². The van der Waals surface area contributed by atoms with Crippen molar-refractivity contribution in [3.8, 4) is 0 Å². The second kappa shape index (κ2) is 10.7. The molecule has 2 heterocycles. The van der Waals surface area contributed by atoms with E-state index in [1.165, 1.54) is 20.5 Å². The second-order valence-corrected chi connectivity index (χ2v) is 14.9. The molecular formula is C26H21Cl3IN3OS. The van der Waals surface area contributed by atoms with Crippen molar-refractivity contribution in [1.82, 2.24) is 5.32 Å². The first kappa shape index (κ1) is 25.0. The van der Waals surface area contributed by atoms with E-state index in [-0.39, 0.29) is 5.91 Å². The first-order valence-electron chi connectivity index (χ1n) is 11.0. The summed E-state index contributed by atoms with van der Waals surface area (Å²) in [7, 11) is 0. The molecular weight excluding hydrogens is 636 g/mol. The van der Waals surface area contributed by atoms with Crippen molar-refractivity contribution >= 4 is 83.9 Å². The van der Waals surface area contributed by atoms with Crippen LogP contribution in [0.15, 0.2) is 78.6 Å². The van der Waals surface area contributed by atoms with E-state index in [4.69, 9.17) is 43.7 Å². The number of halogens is 4. The molecule has 5 rings (SSSR count). The number of allylic oxidation sites excluding steroid dienone is 2. The number of benzene rings is 2. The van der Waals surface area contributed by atoms with Gasteiger partial charge in [-0.25, -0.2) is 0 Å². The Morgan fingerprint density at radius 2 is 1.89 bits per heavy atom. The summed E-state index contributed by atoms with van der Waals surface area (Å²) in [4.78, 5) is 14.5. The van der Waals surface area contributed by atoms with Gasteiger partial charge in [0.25, 0.3) is 0 Å². The SMILES string of the molecule is N[C@@H](NC(=O)C1=NI(c2ccc(Cl)cc2Cl)C2=C1CCC/C2=C\c1ccc(Cl)s1)c1ccccc1.